The average molecular weight is 317 g/mol. The lowest BCUT2D eigenvalue weighted by Gasteiger charge is -2.22. The molecule has 0 fully saturated rings. The van der Waals surface area contributed by atoms with Crippen molar-refractivity contribution in [2.45, 2.75) is 26.0 Å². The van der Waals surface area contributed by atoms with E-state index in [4.69, 9.17) is 0 Å². The molecule has 0 radical (unpaired) electrons. The van der Waals surface area contributed by atoms with Crippen molar-refractivity contribution in [1.82, 2.24) is 4.90 Å². The van der Waals surface area contributed by atoms with E-state index in [0.29, 0.717) is 13.1 Å². The van der Waals surface area contributed by atoms with E-state index < -0.39 is 6.61 Å². The van der Waals surface area contributed by atoms with Crippen LogP contribution in [0.4, 0.5) is 8.78 Å². The van der Waals surface area contributed by atoms with Gasteiger partial charge in [-0.1, -0.05) is 36.4 Å². The van der Waals surface area contributed by atoms with Gasteiger partial charge in [0.25, 0.3) is 5.91 Å². The number of hydrogen-bond acceptors (Lipinski definition) is 2. The van der Waals surface area contributed by atoms with Gasteiger partial charge in [0.15, 0.2) is 0 Å². The van der Waals surface area contributed by atoms with Crippen molar-refractivity contribution in [2.24, 2.45) is 0 Å². The number of amides is 1. The molecular formula is C18H17F2NO2. The predicted octanol–water partition coefficient (Wildman–Crippen LogP) is 3.88. The Morgan fingerprint density at radius 2 is 1.74 bits per heavy atom. The highest BCUT2D eigenvalue weighted by atomic mass is 19.3. The molecule has 1 aliphatic rings. The van der Waals surface area contributed by atoms with Gasteiger partial charge in [0.2, 0.25) is 0 Å². The summed E-state index contributed by atoms with van der Waals surface area (Å²) in [5, 5.41) is 0. The van der Waals surface area contributed by atoms with E-state index in [1.807, 2.05) is 18.2 Å². The Morgan fingerprint density at radius 3 is 2.52 bits per heavy atom. The summed E-state index contributed by atoms with van der Waals surface area (Å²) in [5.74, 6) is -0.358. The summed E-state index contributed by atoms with van der Waals surface area (Å²) in [6, 6.07) is 14.1. The predicted molar refractivity (Wildman–Crippen MR) is 82.6 cm³/mol. The topological polar surface area (TPSA) is 29.5 Å². The Morgan fingerprint density at radius 1 is 1.04 bits per heavy atom. The van der Waals surface area contributed by atoms with Crippen LogP contribution in [0, 0.1) is 0 Å². The number of aryl methyl sites for hydroxylation is 1. The quantitative estimate of drug-likeness (QED) is 0.860. The smallest absolute Gasteiger partial charge is 0.387 e. The van der Waals surface area contributed by atoms with Crippen molar-refractivity contribution < 1.29 is 18.3 Å². The van der Waals surface area contributed by atoms with Gasteiger partial charge in [-0.05, 0) is 36.1 Å². The van der Waals surface area contributed by atoms with Crippen LogP contribution in [0.2, 0.25) is 0 Å². The zero-order valence-corrected chi connectivity index (χ0v) is 12.5. The molecule has 0 spiro atoms. The van der Waals surface area contributed by atoms with Crippen LogP contribution in [0.5, 0.6) is 5.75 Å². The summed E-state index contributed by atoms with van der Waals surface area (Å²) in [6.45, 7) is -1.87. The van der Waals surface area contributed by atoms with E-state index in [9.17, 15) is 13.6 Å². The van der Waals surface area contributed by atoms with Crippen LogP contribution in [0.15, 0.2) is 48.5 Å². The van der Waals surface area contributed by atoms with Crippen molar-refractivity contribution in [3.8, 4) is 5.75 Å². The maximum absolute atomic E-state index is 12.8. The minimum atomic E-state index is -2.95. The molecule has 0 aromatic heterocycles. The minimum Gasteiger partial charge on any atom is -0.434 e. The Kier molecular flexibility index (Phi) is 4.55. The first-order valence-corrected chi connectivity index (χ1v) is 7.55. The second kappa shape index (κ2) is 6.77. The van der Waals surface area contributed by atoms with Gasteiger partial charge in [0.05, 0.1) is 5.56 Å². The summed E-state index contributed by atoms with van der Waals surface area (Å²) in [6.07, 6.45) is 1.76. The Balaban J connectivity index is 1.86. The molecular weight excluding hydrogens is 300 g/mol. The molecule has 0 saturated carbocycles. The highest BCUT2D eigenvalue weighted by Gasteiger charge is 2.23. The van der Waals surface area contributed by atoms with Crippen molar-refractivity contribution in [1.29, 1.82) is 0 Å². The van der Waals surface area contributed by atoms with Gasteiger partial charge >= 0.3 is 6.61 Å². The molecule has 1 heterocycles. The van der Waals surface area contributed by atoms with E-state index in [1.54, 1.807) is 17.0 Å². The van der Waals surface area contributed by atoms with E-state index in [0.717, 1.165) is 18.4 Å². The highest BCUT2D eigenvalue weighted by molar-refractivity contribution is 5.97. The van der Waals surface area contributed by atoms with Crippen LogP contribution in [-0.2, 0) is 13.0 Å². The number of alkyl halides is 2. The van der Waals surface area contributed by atoms with Gasteiger partial charge in [-0.3, -0.25) is 4.79 Å². The molecule has 1 amide bonds. The molecule has 0 saturated heterocycles. The first kappa shape index (κ1) is 15.5. The molecule has 5 heteroatoms. The fraction of sp³-hybridized carbons (Fsp3) is 0.278. The summed E-state index contributed by atoms with van der Waals surface area (Å²) in [7, 11) is 0. The van der Waals surface area contributed by atoms with Gasteiger partial charge in [0.1, 0.15) is 5.75 Å². The van der Waals surface area contributed by atoms with Crippen LogP contribution >= 0.6 is 0 Å². The molecule has 3 nitrogen and oxygen atoms in total. The van der Waals surface area contributed by atoms with Crippen molar-refractivity contribution in [3.63, 3.8) is 0 Å². The summed E-state index contributed by atoms with van der Waals surface area (Å²) >= 11 is 0. The SMILES string of the molecule is O=C(c1ccccc1OC(F)F)N1CCCc2ccccc2C1. The summed E-state index contributed by atoms with van der Waals surface area (Å²) in [5.41, 5.74) is 2.51. The third-order valence-electron chi connectivity index (χ3n) is 3.97. The molecule has 0 N–H and O–H groups in total. The number of hydrogen-bond donors (Lipinski definition) is 0. The number of carbonyl (C=O) groups is 1. The van der Waals surface area contributed by atoms with Gasteiger partial charge in [-0.25, -0.2) is 0 Å². The van der Waals surface area contributed by atoms with Gasteiger partial charge in [-0.15, -0.1) is 0 Å². The molecule has 0 aliphatic carbocycles. The Labute approximate surface area is 133 Å². The summed E-state index contributed by atoms with van der Waals surface area (Å²) in [4.78, 5) is 14.5. The van der Waals surface area contributed by atoms with Crippen LogP contribution in [0.1, 0.15) is 27.9 Å². The monoisotopic (exact) mass is 317 g/mol. The Bertz CT molecular complexity index is 703. The average Bonchev–Trinajstić information content (AvgIpc) is 2.76. The number of benzene rings is 2. The molecule has 2 aromatic rings. The second-order valence-electron chi connectivity index (χ2n) is 5.47. The fourth-order valence-corrected chi connectivity index (χ4v) is 2.89. The number of rotatable bonds is 3. The van der Waals surface area contributed by atoms with Crippen molar-refractivity contribution in [2.75, 3.05) is 6.54 Å². The normalized spacial score (nSPS) is 14.3. The van der Waals surface area contributed by atoms with Gasteiger partial charge in [0, 0.05) is 13.1 Å². The first-order valence-electron chi connectivity index (χ1n) is 7.55. The number of fused-ring (bicyclic) bond motifs is 1. The maximum atomic E-state index is 12.8. The largest absolute Gasteiger partial charge is 0.434 e. The zero-order valence-electron chi connectivity index (χ0n) is 12.5. The number of ether oxygens (including phenoxy) is 1. The first-order chi connectivity index (χ1) is 11.1. The molecule has 0 bridgehead atoms. The number of halogens is 2. The van der Waals surface area contributed by atoms with E-state index in [2.05, 4.69) is 10.8 Å². The van der Waals surface area contributed by atoms with E-state index in [1.165, 1.54) is 17.7 Å². The van der Waals surface area contributed by atoms with Crippen LogP contribution in [0.25, 0.3) is 0 Å². The lowest BCUT2D eigenvalue weighted by atomic mass is 10.0. The maximum Gasteiger partial charge on any atom is 0.387 e. The molecule has 0 atom stereocenters. The lowest BCUT2D eigenvalue weighted by Crippen LogP contribution is -2.31. The van der Waals surface area contributed by atoms with E-state index in [-0.39, 0.29) is 17.2 Å². The number of para-hydroxylation sites is 1. The molecule has 1 aliphatic heterocycles. The molecule has 120 valence electrons. The molecule has 2 aromatic carbocycles. The van der Waals surface area contributed by atoms with E-state index >= 15 is 0 Å². The minimum absolute atomic E-state index is 0.0787. The zero-order chi connectivity index (χ0) is 16.2. The standard InChI is InChI=1S/C18H17F2NO2/c19-18(20)23-16-10-4-3-9-15(16)17(22)21-11-5-8-13-6-1-2-7-14(13)12-21/h1-4,6-7,9-10,18H,5,8,11-12H2. The number of carbonyl (C=O) groups excluding carboxylic acids is 1. The van der Waals surface area contributed by atoms with Crippen LogP contribution < -0.4 is 4.74 Å². The van der Waals surface area contributed by atoms with Gasteiger partial charge in [-0.2, -0.15) is 8.78 Å². The highest BCUT2D eigenvalue weighted by Crippen LogP contribution is 2.25. The molecule has 0 unspecified atom stereocenters. The molecule has 3 rings (SSSR count). The summed E-state index contributed by atoms with van der Waals surface area (Å²) < 4.78 is 29.5. The van der Waals surface area contributed by atoms with Crippen molar-refractivity contribution in [3.05, 3.63) is 65.2 Å². The number of nitrogens with zero attached hydrogens (tertiary/aromatic N) is 1. The Hall–Kier alpha value is -2.43. The molecule has 23 heavy (non-hydrogen) atoms. The second-order valence-corrected chi connectivity index (χ2v) is 5.47. The lowest BCUT2D eigenvalue weighted by molar-refractivity contribution is -0.0502. The van der Waals surface area contributed by atoms with Crippen LogP contribution in [0.3, 0.4) is 0 Å². The third kappa shape index (κ3) is 3.50. The fourth-order valence-electron chi connectivity index (χ4n) is 2.89. The van der Waals surface area contributed by atoms with Gasteiger partial charge < -0.3 is 9.64 Å². The van der Waals surface area contributed by atoms with Crippen molar-refractivity contribution >= 4 is 5.91 Å². The van der Waals surface area contributed by atoms with Crippen LogP contribution in [-0.4, -0.2) is 24.0 Å². The third-order valence-corrected chi connectivity index (χ3v) is 3.97.